The highest BCUT2D eigenvalue weighted by Gasteiger charge is 2.67. The molecule has 0 fully saturated rings. The van der Waals surface area contributed by atoms with Crippen LogP contribution in [0.5, 0.6) is 0 Å². The normalized spacial score (nSPS) is 17.9. The molecule has 3 aromatic carbocycles. The highest BCUT2D eigenvalue weighted by atomic mass is 32.1. The highest BCUT2D eigenvalue weighted by Crippen LogP contribution is 2.51. The van der Waals surface area contributed by atoms with Gasteiger partial charge >= 0.3 is 5.66 Å². The van der Waals surface area contributed by atoms with E-state index in [1.807, 2.05) is 6.20 Å². The first-order valence-corrected chi connectivity index (χ1v) is 16.6. The van der Waals surface area contributed by atoms with Crippen molar-refractivity contribution in [3.63, 3.8) is 0 Å². The lowest BCUT2D eigenvalue weighted by molar-refractivity contribution is -0.955. The van der Waals surface area contributed by atoms with Gasteiger partial charge in [0, 0.05) is 43.0 Å². The molecule has 1 atom stereocenters. The Kier molecular flexibility index (Phi) is 4.64. The van der Waals surface area contributed by atoms with Gasteiger partial charge in [-0.1, -0.05) is 38.5 Å². The van der Waals surface area contributed by atoms with Crippen LogP contribution in [0.25, 0.3) is 54.5 Å². The van der Waals surface area contributed by atoms with Crippen molar-refractivity contribution < 1.29 is 17.7 Å². The molecule has 2 aliphatic rings. The van der Waals surface area contributed by atoms with Crippen molar-refractivity contribution in [2.45, 2.75) is 67.4 Å². The van der Waals surface area contributed by atoms with Crippen molar-refractivity contribution in [2.75, 3.05) is 0 Å². The minimum absolute atomic E-state index is 0.112. The van der Waals surface area contributed by atoms with Crippen molar-refractivity contribution in [1.29, 1.82) is 0 Å². The van der Waals surface area contributed by atoms with E-state index in [0.717, 1.165) is 71.4 Å². The molecule has 1 unspecified atom stereocenters. The molecule has 9 rings (SSSR count). The Morgan fingerprint density at radius 2 is 1.53 bits per heavy atom. The van der Waals surface area contributed by atoms with Gasteiger partial charge in [0.15, 0.2) is 18.0 Å². The van der Waals surface area contributed by atoms with Gasteiger partial charge in [0.25, 0.3) is 0 Å². The van der Waals surface area contributed by atoms with E-state index in [1.54, 1.807) is 11.3 Å². The van der Waals surface area contributed by atoms with Crippen molar-refractivity contribution in [3.8, 4) is 22.5 Å². The lowest BCUT2D eigenvalue weighted by atomic mass is 9.86. The van der Waals surface area contributed by atoms with Gasteiger partial charge in [0.05, 0.1) is 10.3 Å². The first kappa shape index (κ1) is 24.0. The predicted octanol–water partition coefficient (Wildman–Crippen LogP) is 9.76. The minimum Gasteiger partial charge on any atom is -0.454 e. The maximum atomic E-state index is 8.77. The van der Waals surface area contributed by atoms with Crippen molar-refractivity contribution in [1.82, 2.24) is 0 Å². The van der Waals surface area contributed by atoms with Crippen LogP contribution in [0.15, 0.2) is 77.5 Å². The Morgan fingerprint density at radius 3 is 2.33 bits per heavy atom. The molecule has 7 aromatic rings. The summed E-state index contributed by atoms with van der Waals surface area (Å²) in [5, 5.41) is 3.37. The molecule has 0 amide bonds. The fourth-order valence-corrected chi connectivity index (χ4v) is 9.01. The first-order valence-electron chi connectivity index (χ1n) is 17.3. The average Bonchev–Trinajstić information content (AvgIpc) is 3.71. The quantitative estimate of drug-likeness (QED) is 0.170. The SMILES string of the molecule is [2H]C([2H])([2H])c1c[n+]2c(cc1CC(C)(C)C)-c1c(ccc3c1oc1c3ccc3cc(C)sc31)C21c2cc(C)ccc2-c2cc(C)c(C)c[n+]21. The Labute approximate surface area is 272 Å². The van der Waals surface area contributed by atoms with E-state index < -0.39 is 12.5 Å². The smallest absolute Gasteiger partial charge is 0.417 e. The summed E-state index contributed by atoms with van der Waals surface area (Å²) in [6.07, 6.45) is 4.84. The van der Waals surface area contributed by atoms with Crippen molar-refractivity contribution in [2.24, 2.45) is 5.41 Å². The van der Waals surface area contributed by atoms with Gasteiger partial charge in [0.2, 0.25) is 11.4 Å². The molecule has 222 valence electrons. The molecule has 45 heavy (non-hydrogen) atoms. The van der Waals surface area contributed by atoms with Crippen LogP contribution < -0.4 is 9.13 Å². The van der Waals surface area contributed by atoms with E-state index >= 15 is 0 Å². The van der Waals surface area contributed by atoms with Crippen LogP contribution in [0.3, 0.4) is 0 Å². The number of benzene rings is 3. The zero-order valence-electron chi connectivity index (χ0n) is 29.8. The van der Waals surface area contributed by atoms with Crippen LogP contribution in [0.4, 0.5) is 0 Å². The molecule has 0 saturated carbocycles. The molecule has 0 saturated heterocycles. The lowest BCUT2D eigenvalue weighted by Crippen LogP contribution is -2.71. The fourth-order valence-electron chi connectivity index (χ4n) is 8.02. The summed E-state index contributed by atoms with van der Waals surface area (Å²) in [6, 6.07) is 22.2. The minimum atomic E-state index is -2.29. The third kappa shape index (κ3) is 3.46. The second-order valence-electron chi connectivity index (χ2n) is 14.5. The summed E-state index contributed by atoms with van der Waals surface area (Å²) in [6.45, 7) is 12.8. The number of rotatable bonds is 1. The number of nitrogens with zero attached hydrogens (tertiary/aromatic N) is 2. The number of thiophene rings is 1. The third-order valence-electron chi connectivity index (χ3n) is 10.0. The van der Waals surface area contributed by atoms with Crippen LogP contribution in [-0.2, 0) is 12.1 Å². The van der Waals surface area contributed by atoms with Gasteiger partial charge in [-0.2, -0.15) is 0 Å². The highest BCUT2D eigenvalue weighted by molar-refractivity contribution is 7.19. The van der Waals surface area contributed by atoms with Crippen molar-refractivity contribution >= 4 is 43.4 Å². The van der Waals surface area contributed by atoms with Crippen molar-refractivity contribution in [3.05, 3.63) is 117 Å². The summed E-state index contributed by atoms with van der Waals surface area (Å²) in [4.78, 5) is 1.25. The Hall–Kier alpha value is -4.28. The van der Waals surface area contributed by atoms with Crippen LogP contribution in [0.1, 0.15) is 68.7 Å². The summed E-state index contributed by atoms with van der Waals surface area (Å²) in [5.74, 6) is 0. The molecule has 0 bridgehead atoms. The zero-order valence-corrected chi connectivity index (χ0v) is 27.7. The number of aryl methyl sites for hydroxylation is 5. The number of aromatic nitrogens is 2. The molecule has 0 radical (unpaired) electrons. The standard InChI is InChI=1S/C41H38N2OS/c1-22-9-11-31-33(15-22)41(42-20-24(3)23(2)16-34(31)42)32-14-13-29-30-12-10-27-17-26(5)45-39(27)38(30)44-37(29)36(32)35-18-28(19-40(6,7)8)25(4)21-43(35)41/h9-18,20-21H,19H2,1-8H3/q+2/i4D3. The van der Waals surface area contributed by atoms with Crippen LogP contribution in [0, 0.1) is 40.0 Å². The molecule has 0 aliphatic carbocycles. The van der Waals surface area contributed by atoms with Gasteiger partial charge in [-0.3, -0.25) is 0 Å². The summed E-state index contributed by atoms with van der Waals surface area (Å²) in [5.41, 5.74) is 12.1. The van der Waals surface area contributed by atoms with Gasteiger partial charge < -0.3 is 4.42 Å². The molecule has 4 aromatic heterocycles. The fraction of sp³-hybridized carbons (Fsp3) is 0.268. The first-order chi connectivity index (χ1) is 22.7. The van der Waals surface area contributed by atoms with Crippen LogP contribution in [-0.4, -0.2) is 0 Å². The number of fused-ring (bicyclic) bond motifs is 16. The molecule has 0 N–H and O–H groups in total. The van der Waals surface area contributed by atoms with E-state index in [0.29, 0.717) is 12.0 Å². The maximum absolute atomic E-state index is 8.77. The Morgan fingerprint density at radius 1 is 0.778 bits per heavy atom. The zero-order chi connectivity index (χ0) is 33.7. The molecule has 1 spiro atoms. The number of pyridine rings is 2. The second kappa shape index (κ2) is 8.70. The van der Waals surface area contributed by atoms with Crippen LogP contribution in [0.2, 0.25) is 0 Å². The van der Waals surface area contributed by atoms with E-state index in [4.69, 9.17) is 8.53 Å². The predicted molar refractivity (Wildman–Crippen MR) is 185 cm³/mol. The monoisotopic (exact) mass is 609 g/mol. The summed E-state index contributed by atoms with van der Waals surface area (Å²) in [7, 11) is 0. The Bertz CT molecular complexity index is 2560. The van der Waals surface area contributed by atoms with Gasteiger partial charge in [-0.15, -0.1) is 20.5 Å². The largest absolute Gasteiger partial charge is 0.454 e. The third-order valence-corrected chi connectivity index (χ3v) is 11.1. The second-order valence-corrected chi connectivity index (χ2v) is 15.8. The molecule has 2 aliphatic heterocycles. The van der Waals surface area contributed by atoms with Gasteiger partial charge in [-0.25, -0.2) is 0 Å². The molecule has 6 heterocycles. The number of furan rings is 1. The topological polar surface area (TPSA) is 20.9 Å². The molecule has 4 heteroatoms. The number of hydrogen-bond donors (Lipinski definition) is 0. The molecular weight excluding hydrogens is 569 g/mol. The summed E-state index contributed by atoms with van der Waals surface area (Å²) < 4.78 is 39.2. The van der Waals surface area contributed by atoms with Gasteiger partial charge in [-0.05, 0) is 99.3 Å². The number of hydrogen-bond acceptors (Lipinski definition) is 2. The van der Waals surface area contributed by atoms with E-state index in [-0.39, 0.29) is 5.41 Å². The average molecular weight is 610 g/mol. The lowest BCUT2D eigenvalue weighted by Gasteiger charge is -2.21. The maximum Gasteiger partial charge on any atom is 0.417 e. The van der Waals surface area contributed by atoms with E-state index in [9.17, 15) is 0 Å². The molecule has 3 nitrogen and oxygen atoms in total. The Balaban J connectivity index is 1.50. The summed E-state index contributed by atoms with van der Waals surface area (Å²) >= 11 is 1.77. The van der Waals surface area contributed by atoms with Gasteiger partial charge in [0.1, 0.15) is 22.3 Å². The molecular formula is C41H38N2OS+2. The van der Waals surface area contributed by atoms with E-state index in [1.165, 1.54) is 21.4 Å². The van der Waals surface area contributed by atoms with Crippen LogP contribution >= 0.6 is 11.3 Å². The van der Waals surface area contributed by atoms with E-state index in [2.05, 4.69) is 124 Å².